The van der Waals surface area contributed by atoms with E-state index in [0.29, 0.717) is 26.4 Å². The Kier molecular flexibility index (Phi) is 10.2. The van der Waals surface area contributed by atoms with Crippen LogP contribution in [0.25, 0.3) is 0 Å². The van der Waals surface area contributed by atoms with Crippen LogP contribution in [0, 0.1) is 0 Å². The van der Waals surface area contributed by atoms with Crippen molar-refractivity contribution in [3.05, 3.63) is 0 Å². The fourth-order valence-electron chi connectivity index (χ4n) is 1.60. The third-order valence-corrected chi connectivity index (χ3v) is 5.56. The summed E-state index contributed by atoms with van der Waals surface area (Å²) in [6.45, 7) is 9.42. The lowest BCUT2D eigenvalue weighted by atomic mass is 10.5. The zero-order chi connectivity index (χ0) is 12.6. The maximum Gasteiger partial charge on any atom is 0.334 e. The van der Waals surface area contributed by atoms with Crippen LogP contribution in [0.4, 0.5) is 0 Å². The Labute approximate surface area is 115 Å². The molecular weight excluding hydrogens is 268 g/mol. The summed E-state index contributed by atoms with van der Waals surface area (Å²) < 4.78 is 16.4. The molecule has 18 heavy (non-hydrogen) atoms. The molecule has 1 fully saturated rings. The summed E-state index contributed by atoms with van der Waals surface area (Å²) in [7, 11) is -1.98. The minimum absolute atomic E-state index is 0. The van der Waals surface area contributed by atoms with E-state index >= 15 is 0 Å². The Morgan fingerprint density at radius 2 is 1.78 bits per heavy atom. The first-order valence-corrected chi connectivity index (χ1v) is 8.86. The molecule has 0 aliphatic carbocycles. The summed E-state index contributed by atoms with van der Waals surface area (Å²) in [5.74, 6) is 0. The molecule has 0 bridgehead atoms. The molecule has 0 N–H and O–H groups in total. The van der Waals surface area contributed by atoms with Crippen LogP contribution in [-0.2, 0) is 23.4 Å². The molecule has 1 heterocycles. The van der Waals surface area contributed by atoms with Gasteiger partial charge in [-0.1, -0.05) is 0 Å². The molecule has 0 aromatic rings. The van der Waals surface area contributed by atoms with E-state index in [1.54, 1.807) is 0 Å². The molecular formula is C11H28O5Si2. The van der Waals surface area contributed by atoms with E-state index in [1.807, 2.05) is 13.8 Å². The van der Waals surface area contributed by atoms with E-state index in [0.717, 1.165) is 19.1 Å². The summed E-state index contributed by atoms with van der Waals surface area (Å²) >= 11 is 0. The van der Waals surface area contributed by atoms with Gasteiger partial charge < -0.3 is 13.6 Å². The lowest BCUT2D eigenvalue weighted by molar-refractivity contribution is -0.296. The van der Waals surface area contributed by atoms with E-state index in [4.69, 9.17) is 23.4 Å². The highest BCUT2D eigenvalue weighted by Crippen LogP contribution is 2.16. The van der Waals surface area contributed by atoms with Crippen LogP contribution in [0.1, 0.15) is 20.3 Å². The van der Waals surface area contributed by atoms with E-state index in [1.165, 1.54) is 0 Å². The molecule has 0 spiro atoms. The highest BCUT2D eigenvalue weighted by molar-refractivity contribution is 6.66. The van der Waals surface area contributed by atoms with Crippen LogP contribution in [0.2, 0.25) is 12.6 Å². The smallest absolute Gasteiger partial charge is 0.334 e. The van der Waals surface area contributed by atoms with Crippen LogP contribution in [0.15, 0.2) is 0 Å². The van der Waals surface area contributed by atoms with E-state index in [9.17, 15) is 0 Å². The topological polar surface area (TPSA) is 49.5 Å². The third-order valence-electron chi connectivity index (χ3n) is 2.50. The van der Waals surface area contributed by atoms with Gasteiger partial charge in [0.25, 0.3) is 0 Å². The quantitative estimate of drug-likeness (QED) is 0.182. The fourth-order valence-corrected chi connectivity index (χ4v) is 3.98. The van der Waals surface area contributed by atoms with Crippen molar-refractivity contribution in [3.63, 3.8) is 0 Å². The van der Waals surface area contributed by atoms with Gasteiger partial charge >= 0.3 is 8.56 Å². The SMILES string of the molecule is CCO[Si](C)(CCCOOCC1CO1)OCC.[SiH4]. The van der Waals surface area contributed by atoms with Crippen LogP contribution < -0.4 is 0 Å². The number of rotatable bonds is 11. The zero-order valence-corrected chi connectivity index (χ0v) is 12.1. The van der Waals surface area contributed by atoms with Gasteiger partial charge in [0.05, 0.1) is 13.2 Å². The van der Waals surface area contributed by atoms with Crippen molar-refractivity contribution >= 4 is 19.5 Å². The molecule has 1 atom stereocenters. The number of hydrogen-bond donors (Lipinski definition) is 0. The molecule has 0 aromatic carbocycles. The predicted molar refractivity (Wildman–Crippen MR) is 77.3 cm³/mol. The van der Waals surface area contributed by atoms with Crippen LogP contribution >= 0.6 is 0 Å². The largest absolute Gasteiger partial charge is 0.395 e. The Morgan fingerprint density at radius 3 is 2.28 bits per heavy atom. The molecule has 7 heteroatoms. The van der Waals surface area contributed by atoms with Crippen molar-refractivity contribution in [1.29, 1.82) is 0 Å². The van der Waals surface area contributed by atoms with Crippen molar-refractivity contribution in [2.45, 2.75) is 39.0 Å². The molecule has 0 radical (unpaired) electrons. The standard InChI is InChI=1S/C11H24O5Si.H4Si/c1-4-15-17(3,16-5-2)8-6-7-13-14-10-11-9-12-11;/h11H,4-10H2,1-3H3;1H4. The average molecular weight is 297 g/mol. The molecule has 0 aromatic heterocycles. The highest BCUT2D eigenvalue weighted by Gasteiger charge is 2.30. The Morgan fingerprint density at radius 1 is 1.17 bits per heavy atom. The van der Waals surface area contributed by atoms with Gasteiger partial charge in [-0.05, 0) is 43.8 Å². The van der Waals surface area contributed by atoms with E-state index < -0.39 is 8.56 Å². The molecule has 110 valence electrons. The number of ether oxygens (including phenoxy) is 1. The first-order chi connectivity index (χ1) is 8.20. The van der Waals surface area contributed by atoms with Crippen LogP contribution in [0.3, 0.4) is 0 Å². The highest BCUT2D eigenvalue weighted by atomic mass is 28.4. The van der Waals surface area contributed by atoms with Gasteiger partial charge in [-0.2, -0.15) is 0 Å². The lowest BCUT2D eigenvalue weighted by Gasteiger charge is -2.25. The van der Waals surface area contributed by atoms with Crippen LogP contribution in [-0.4, -0.2) is 58.7 Å². The summed E-state index contributed by atoms with van der Waals surface area (Å²) in [4.78, 5) is 10.1. The molecule has 1 aliphatic heterocycles. The minimum Gasteiger partial charge on any atom is -0.395 e. The predicted octanol–water partition coefficient (Wildman–Crippen LogP) is 0.417. The first kappa shape index (κ1) is 18.2. The maximum atomic E-state index is 5.72. The summed E-state index contributed by atoms with van der Waals surface area (Å²) in [5, 5.41) is 0. The van der Waals surface area contributed by atoms with Gasteiger partial charge in [0.1, 0.15) is 12.7 Å². The van der Waals surface area contributed by atoms with Gasteiger partial charge in [-0.15, -0.1) is 0 Å². The fraction of sp³-hybridized carbons (Fsp3) is 1.00. The Bertz CT molecular complexity index is 196. The molecule has 1 aliphatic rings. The summed E-state index contributed by atoms with van der Waals surface area (Å²) in [6, 6.07) is 0.929. The van der Waals surface area contributed by atoms with Gasteiger partial charge in [0, 0.05) is 13.2 Å². The monoisotopic (exact) mass is 296 g/mol. The zero-order valence-electron chi connectivity index (χ0n) is 11.1. The number of hydrogen-bond acceptors (Lipinski definition) is 5. The molecule has 0 saturated carbocycles. The summed E-state index contributed by atoms with van der Waals surface area (Å²) in [5.41, 5.74) is 0. The Hall–Kier alpha value is 0.234. The molecule has 1 rings (SSSR count). The Balaban J connectivity index is 0.00000289. The van der Waals surface area contributed by atoms with Crippen LogP contribution in [0.5, 0.6) is 0 Å². The van der Waals surface area contributed by atoms with Crippen molar-refractivity contribution in [2.24, 2.45) is 0 Å². The molecule has 0 amide bonds. The van der Waals surface area contributed by atoms with Gasteiger partial charge in [-0.3, -0.25) is 0 Å². The second-order valence-corrected chi connectivity index (χ2v) is 7.51. The van der Waals surface area contributed by atoms with E-state index in [2.05, 4.69) is 6.55 Å². The number of epoxide rings is 1. The second kappa shape index (κ2) is 10.1. The second-order valence-electron chi connectivity index (χ2n) is 4.17. The third kappa shape index (κ3) is 8.36. The normalized spacial score (nSPS) is 18.5. The maximum absolute atomic E-state index is 5.72. The van der Waals surface area contributed by atoms with E-state index in [-0.39, 0.29) is 17.1 Å². The molecule has 1 unspecified atom stereocenters. The van der Waals surface area contributed by atoms with Crippen molar-refractivity contribution < 1.29 is 23.4 Å². The lowest BCUT2D eigenvalue weighted by Crippen LogP contribution is -2.38. The van der Waals surface area contributed by atoms with Crippen molar-refractivity contribution in [3.8, 4) is 0 Å². The molecule has 5 nitrogen and oxygen atoms in total. The van der Waals surface area contributed by atoms with Gasteiger partial charge in [-0.25, -0.2) is 9.78 Å². The average Bonchev–Trinajstić information content (AvgIpc) is 3.08. The van der Waals surface area contributed by atoms with Crippen molar-refractivity contribution in [1.82, 2.24) is 0 Å². The summed E-state index contributed by atoms with van der Waals surface area (Å²) in [6.07, 6.45) is 1.15. The minimum atomic E-state index is -1.98. The molecule has 1 saturated heterocycles. The van der Waals surface area contributed by atoms with Gasteiger partial charge in [0.15, 0.2) is 0 Å². The van der Waals surface area contributed by atoms with Crippen molar-refractivity contribution in [2.75, 3.05) is 33.0 Å². The first-order valence-electron chi connectivity index (χ1n) is 6.34. The van der Waals surface area contributed by atoms with Gasteiger partial charge in [0.2, 0.25) is 0 Å².